The second-order valence-corrected chi connectivity index (χ2v) is 4.21. The summed E-state index contributed by atoms with van der Waals surface area (Å²) in [7, 11) is 0. The van der Waals surface area contributed by atoms with Crippen LogP contribution in [0.2, 0.25) is 0 Å². The molecule has 0 aromatic rings. The third kappa shape index (κ3) is 2.82. The number of rotatable bonds is 3. The Kier molecular flexibility index (Phi) is 3.39. The molecule has 0 saturated carbocycles. The van der Waals surface area contributed by atoms with Crippen LogP contribution in [0.4, 0.5) is 0 Å². The van der Waals surface area contributed by atoms with E-state index in [2.05, 4.69) is 22.4 Å². The van der Waals surface area contributed by atoms with Crippen LogP contribution in [0.5, 0.6) is 0 Å². The lowest BCUT2D eigenvalue weighted by molar-refractivity contribution is 0.275. The Balaban J connectivity index is 1.63. The zero-order chi connectivity index (χ0) is 8.93. The molecule has 1 unspecified atom stereocenters. The van der Waals surface area contributed by atoms with Crippen LogP contribution in [-0.2, 0) is 0 Å². The van der Waals surface area contributed by atoms with Crippen LogP contribution in [0.3, 0.4) is 0 Å². The van der Waals surface area contributed by atoms with Crippen molar-refractivity contribution in [3.8, 4) is 0 Å². The Bertz CT molecular complexity index is 171. The summed E-state index contributed by atoms with van der Waals surface area (Å²) in [6.07, 6.45) is 8.64. The van der Waals surface area contributed by atoms with E-state index in [1.807, 2.05) is 0 Å². The van der Waals surface area contributed by atoms with Crippen molar-refractivity contribution < 1.29 is 0 Å². The summed E-state index contributed by atoms with van der Waals surface area (Å²) in [5.41, 5.74) is 0. The second-order valence-electron chi connectivity index (χ2n) is 4.21. The SMILES string of the molecule is C1=CCN(CCC2CCNC2)CC1. The Labute approximate surface area is 81.0 Å². The third-order valence-corrected chi connectivity index (χ3v) is 3.16. The van der Waals surface area contributed by atoms with Gasteiger partial charge in [-0.2, -0.15) is 0 Å². The summed E-state index contributed by atoms with van der Waals surface area (Å²) < 4.78 is 0. The van der Waals surface area contributed by atoms with Crippen molar-refractivity contribution in [1.29, 1.82) is 0 Å². The van der Waals surface area contributed by atoms with E-state index in [9.17, 15) is 0 Å². The Morgan fingerprint density at radius 1 is 1.38 bits per heavy atom. The summed E-state index contributed by atoms with van der Waals surface area (Å²) in [6, 6.07) is 0. The Morgan fingerprint density at radius 2 is 2.38 bits per heavy atom. The van der Waals surface area contributed by atoms with Gasteiger partial charge in [0.2, 0.25) is 0 Å². The van der Waals surface area contributed by atoms with Gasteiger partial charge in [0.05, 0.1) is 0 Å². The molecule has 0 radical (unpaired) electrons. The predicted octanol–water partition coefficient (Wildman–Crippen LogP) is 1.25. The molecule has 2 nitrogen and oxygen atoms in total. The topological polar surface area (TPSA) is 15.3 Å². The van der Waals surface area contributed by atoms with Crippen molar-refractivity contribution in [2.45, 2.75) is 19.3 Å². The summed E-state index contributed by atoms with van der Waals surface area (Å²) >= 11 is 0. The molecule has 1 fully saturated rings. The van der Waals surface area contributed by atoms with Gasteiger partial charge in [0, 0.05) is 13.1 Å². The van der Waals surface area contributed by atoms with E-state index in [1.165, 1.54) is 52.0 Å². The molecule has 2 heterocycles. The molecule has 2 heteroatoms. The highest BCUT2D eigenvalue weighted by Gasteiger charge is 2.15. The molecule has 0 aromatic heterocycles. The van der Waals surface area contributed by atoms with Crippen LogP contribution in [0.15, 0.2) is 12.2 Å². The molecule has 74 valence electrons. The van der Waals surface area contributed by atoms with Gasteiger partial charge in [-0.05, 0) is 44.8 Å². The van der Waals surface area contributed by atoms with Crippen molar-refractivity contribution in [3.05, 3.63) is 12.2 Å². The van der Waals surface area contributed by atoms with E-state index >= 15 is 0 Å². The maximum Gasteiger partial charge on any atom is 0.0163 e. The first kappa shape index (κ1) is 9.22. The fraction of sp³-hybridized carbons (Fsp3) is 0.818. The van der Waals surface area contributed by atoms with Gasteiger partial charge in [0.25, 0.3) is 0 Å². The van der Waals surface area contributed by atoms with Crippen LogP contribution in [-0.4, -0.2) is 37.6 Å². The highest BCUT2D eigenvalue weighted by Crippen LogP contribution is 2.13. The first-order valence-corrected chi connectivity index (χ1v) is 5.53. The molecule has 0 bridgehead atoms. The molecule has 2 aliphatic rings. The number of hydrogen-bond acceptors (Lipinski definition) is 2. The quantitative estimate of drug-likeness (QED) is 0.658. The lowest BCUT2D eigenvalue weighted by atomic mass is 10.0. The standard InChI is InChI=1S/C11H20N2/c1-2-7-13(8-3-1)9-5-11-4-6-12-10-11/h1-2,11-12H,3-10H2. The van der Waals surface area contributed by atoms with Crippen molar-refractivity contribution in [2.24, 2.45) is 5.92 Å². The van der Waals surface area contributed by atoms with E-state index in [-0.39, 0.29) is 0 Å². The van der Waals surface area contributed by atoms with Crippen LogP contribution in [0, 0.1) is 5.92 Å². The van der Waals surface area contributed by atoms with Crippen molar-refractivity contribution in [2.75, 3.05) is 32.7 Å². The summed E-state index contributed by atoms with van der Waals surface area (Å²) in [4.78, 5) is 2.57. The third-order valence-electron chi connectivity index (χ3n) is 3.16. The zero-order valence-electron chi connectivity index (χ0n) is 8.34. The zero-order valence-corrected chi connectivity index (χ0v) is 8.34. The molecular weight excluding hydrogens is 160 g/mol. The number of hydrogen-bond donors (Lipinski definition) is 1. The summed E-state index contributed by atoms with van der Waals surface area (Å²) in [5.74, 6) is 0.950. The van der Waals surface area contributed by atoms with E-state index in [4.69, 9.17) is 0 Å². The van der Waals surface area contributed by atoms with Crippen LogP contribution < -0.4 is 5.32 Å². The maximum atomic E-state index is 3.43. The molecule has 2 rings (SSSR count). The molecule has 13 heavy (non-hydrogen) atoms. The Hall–Kier alpha value is -0.340. The lowest BCUT2D eigenvalue weighted by Gasteiger charge is -2.24. The average molecular weight is 180 g/mol. The molecule has 0 spiro atoms. The van der Waals surface area contributed by atoms with Gasteiger partial charge in [-0.15, -0.1) is 0 Å². The lowest BCUT2D eigenvalue weighted by Crippen LogP contribution is -2.29. The van der Waals surface area contributed by atoms with Gasteiger partial charge in [-0.1, -0.05) is 12.2 Å². The van der Waals surface area contributed by atoms with Gasteiger partial charge in [-0.25, -0.2) is 0 Å². The first-order chi connectivity index (χ1) is 6.45. The fourth-order valence-electron chi connectivity index (χ4n) is 2.22. The van der Waals surface area contributed by atoms with E-state index in [0.717, 1.165) is 5.92 Å². The smallest absolute Gasteiger partial charge is 0.0163 e. The highest BCUT2D eigenvalue weighted by molar-refractivity contribution is 4.90. The largest absolute Gasteiger partial charge is 0.316 e. The second kappa shape index (κ2) is 4.77. The minimum absolute atomic E-state index is 0.950. The van der Waals surface area contributed by atoms with Gasteiger partial charge < -0.3 is 5.32 Å². The van der Waals surface area contributed by atoms with Gasteiger partial charge >= 0.3 is 0 Å². The monoisotopic (exact) mass is 180 g/mol. The van der Waals surface area contributed by atoms with E-state index in [0.29, 0.717) is 0 Å². The minimum atomic E-state index is 0.950. The molecule has 0 amide bonds. The van der Waals surface area contributed by atoms with Crippen molar-refractivity contribution in [1.82, 2.24) is 10.2 Å². The van der Waals surface area contributed by atoms with Crippen LogP contribution in [0.25, 0.3) is 0 Å². The minimum Gasteiger partial charge on any atom is -0.316 e. The average Bonchev–Trinajstić information content (AvgIpc) is 2.69. The van der Waals surface area contributed by atoms with Crippen LogP contribution >= 0.6 is 0 Å². The molecule has 0 aliphatic carbocycles. The number of nitrogens with zero attached hydrogens (tertiary/aromatic N) is 1. The first-order valence-electron chi connectivity index (χ1n) is 5.53. The van der Waals surface area contributed by atoms with Gasteiger partial charge in [-0.3, -0.25) is 4.90 Å². The molecule has 1 saturated heterocycles. The van der Waals surface area contributed by atoms with E-state index in [1.54, 1.807) is 0 Å². The Morgan fingerprint density at radius 3 is 3.08 bits per heavy atom. The number of nitrogens with one attached hydrogen (secondary N) is 1. The molecule has 1 N–H and O–H groups in total. The van der Waals surface area contributed by atoms with Crippen LogP contribution in [0.1, 0.15) is 19.3 Å². The van der Waals surface area contributed by atoms with Gasteiger partial charge in [0.15, 0.2) is 0 Å². The summed E-state index contributed by atoms with van der Waals surface area (Å²) in [6.45, 7) is 6.25. The molecule has 1 atom stereocenters. The summed E-state index contributed by atoms with van der Waals surface area (Å²) in [5, 5.41) is 3.43. The van der Waals surface area contributed by atoms with Gasteiger partial charge in [0.1, 0.15) is 0 Å². The van der Waals surface area contributed by atoms with E-state index < -0.39 is 0 Å². The fourth-order valence-corrected chi connectivity index (χ4v) is 2.22. The molecule has 0 aromatic carbocycles. The predicted molar refractivity (Wildman–Crippen MR) is 55.8 cm³/mol. The normalized spacial score (nSPS) is 29.7. The molecule has 2 aliphatic heterocycles. The van der Waals surface area contributed by atoms with Crippen molar-refractivity contribution >= 4 is 0 Å². The molecular formula is C11H20N2. The maximum absolute atomic E-state index is 3.43. The van der Waals surface area contributed by atoms with Crippen molar-refractivity contribution in [3.63, 3.8) is 0 Å². The highest BCUT2D eigenvalue weighted by atomic mass is 15.1.